The maximum absolute atomic E-state index is 12.9. The molecule has 9 heteroatoms. The molecule has 3 N–H and O–H groups in total. The van der Waals surface area contributed by atoms with Crippen LogP contribution in [0.1, 0.15) is 245 Å². The molecule has 0 radical (unpaired) electrons. The van der Waals surface area contributed by atoms with Gasteiger partial charge in [-0.05, 0) is 44.9 Å². The summed E-state index contributed by atoms with van der Waals surface area (Å²) in [6.45, 7) is 4.80. The number of amides is 1. The van der Waals surface area contributed by atoms with Crippen LogP contribution in [0, 0.1) is 0 Å². The fourth-order valence-corrected chi connectivity index (χ4v) is 8.30. The molecule has 0 saturated carbocycles. The molecule has 0 aliphatic heterocycles. The van der Waals surface area contributed by atoms with E-state index in [1.807, 2.05) is 27.2 Å². The molecule has 0 aliphatic carbocycles. The molecule has 0 bridgehead atoms. The summed E-state index contributed by atoms with van der Waals surface area (Å²) >= 11 is 0. The number of likely N-dealkylation sites (N-methyl/N-ethyl adjacent to an activating group) is 1. The lowest BCUT2D eigenvalue weighted by atomic mass is 10.0. The number of quaternary nitrogens is 1. The van der Waals surface area contributed by atoms with Crippen molar-refractivity contribution in [3.8, 4) is 0 Å². The molecule has 0 heterocycles. The maximum Gasteiger partial charge on any atom is 0.472 e. The fourth-order valence-electron chi connectivity index (χ4n) is 7.57. The van der Waals surface area contributed by atoms with Gasteiger partial charge in [-0.1, -0.05) is 218 Å². The average molecular weight is 870 g/mol. The second kappa shape index (κ2) is 43.2. The van der Waals surface area contributed by atoms with E-state index in [1.54, 1.807) is 6.08 Å². The van der Waals surface area contributed by atoms with Gasteiger partial charge in [0.15, 0.2) is 0 Å². The number of phosphoric ester groups is 1. The Labute approximate surface area is 373 Å². The summed E-state index contributed by atoms with van der Waals surface area (Å²) in [5.74, 6) is -0.176. The Bertz CT molecular complexity index is 1030. The van der Waals surface area contributed by atoms with E-state index < -0.39 is 20.0 Å². The van der Waals surface area contributed by atoms with E-state index >= 15 is 0 Å². The van der Waals surface area contributed by atoms with Crippen molar-refractivity contribution >= 4 is 13.7 Å². The Morgan fingerprint density at radius 3 is 1.28 bits per heavy atom. The van der Waals surface area contributed by atoms with Crippen LogP contribution in [0.15, 0.2) is 24.3 Å². The van der Waals surface area contributed by atoms with E-state index in [-0.39, 0.29) is 19.1 Å². The Morgan fingerprint density at radius 1 is 0.550 bits per heavy atom. The first-order valence-electron chi connectivity index (χ1n) is 25.7. The van der Waals surface area contributed by atoms with Gasteiger partial charge in [-0.15, -0.1) is 0 Å². The maximum atomic E-state index is 12.9. The van der Waals surface area contributed by atoms with Gasteiger partial charge in [0.1, 0.15) is 13.2 Å². The lowest BCUT2D eigenvalue weighted by Crippen LogP contribution is -2.45. The molecular formula is C51H102N2O6P+. The molecule has 0 aromatic carbocycles. The highest BCUT2D eigenvalue weighted by molar-refractivity contribution is 7.47. The highest BCUT2D eigenvalue weighted by Crippen LogP contribution is 2.43. The number of nitrogens with zero attached hydrogens (tertiary/aromatic N) is 1. The monoisotopic (exact) mass is 870 g/mol. The van der Waals surface area contributed by atoms with Crippen molar-refractivity contribution in [2.24, 2.45) is 0 Å². The third kappa shape index (κ3) is 45.0. The van der Waals surface area contributed by atoms with E-state index in [2.05, 4.69) is 31.3 Å². The second-order valence-electron chi connectivity index (χ2n) is 18.9. The van der Waals surface area contributed by atoms with Crippen molar-refractivity contribution in [2.45, 2.75) is 257 Å². The Balaban J connectivity index is 3.99. The Morgan fingerprint density at radius 2 is 0.900 bits per heavy atom. The van der Waals surface area contributed by atoms with Crippen molar-refractivity contribution in [3.63, 3.8) is 0 Å². The van der Waals surface area contributed by atoms with E-state index in [1.165, 1.54) is 186 Å². The molecule has 3 unspecified atom stereocenters. The van der Waals surface area contributed by atoms with Crippen molar-refractivity contribution < 1.29 is 32.9 Å². The number of hydrogen-bond donors (Lipinski definition) is 3. The first kappa shape index (κ1) is 59.0. The lowest BCUT2D eigenvalue weighted by molar-refractivity contribution is -0.870. The van der Waals surface area contributed by atoms with Crippen molar-refractivity contribution in [1.29, 1.82) is 0 Å². The number of aliphatic hydroxyl groups excluding tert-OH is 1. The molecule has 8 nitrogen and oxygen atoms in total. The SMILES string of the molecule is CCCCCCCCC/C=C/C(O)C(COP(=O)(O)OCC[N+](C)(C)C)NC(=O)CCCCCCCCCCCCCCCCCCC/C=C\CCCCCCCCCC. The zero-order chi connectivity index (χ0) is 44.3. The molecule has 3 atom stereocenters. The minimum Gasteiger partial charge on any atom is -0.387 e. The van der Waals surface area contributed by atoms with E-state index in [4.69, 9.17) is 9.05 Å². The van der Waals surface area contributed by atoms with Gasteiger partial charge in [0, 0.05) is 6.42 Å². The zero-order valence-electron chi connectivity index (χ0n) is 40.5. The van der Waals surface area contributed by atoms with Crippen LogP contribution in [0.25, 0.3) is 0 Å². The molecule has 0 rings (SSSR count). The van der Waals surface area contributed by atoms with Crippen molar-refractivity contribution in [3.05, 3.63) is 24.3 Å². The van der Waals surface area contributed by atoms with Gasteiger partial charge in [-0.3, -0.25) is 13.8 Å². The number of nitrogens with one attached hydrogen (secondary N) is 1. The average Bonchev–Trinajstić information content (AvgIpc) is 3.20. The zero-order valence-corrected chi connectivity index (χ0v) is 41.4. The summed E-state index contributed by atoms with van der Waals surface area (Å²) in [5, 5.41) is 13.8. The summed E-state index contributed by atoms with van der Waals surface area (Å²) in [6, 6.07) is -0.841. The number of allylic oxidation sites excluding steroid dienone is 3. The number of carbonyl (C=O) groups excluding carboxylic acids is 1. The van der Waals surface area contributed by atoms with Crippen LogP contribution in [0.5, 0.6) is 0 Å². The van der Waals surface area contributed by atoms with Crippen molar-refractivity contribution in [1.82, 2.24) is 5.32 Å². The van der Waals surface area contributed by atoms with Crippen LogP contribution < -0.4 is 5.32 Å². The standard InChI is InChI=1S/C51H101N2O6P/c1-6-8-10-12-14-16-17-18-19-20-21-22-23-24-25-26-27-28-29-30-31-32-33-34-35-37-39-41-43-45-51(55)52-49(48-59-60(56,57)58-47-46-53(3,4)5)50(54)44-42-40-38-36-15-13-11-9-7-2/h20-21,42,44,49-50,54H,6-19,22-41,43,45-48H2,1-5H3,(H-,52,55,56,57)/p+1/b21-20-,44-42+. The van der Waals surface area contributed by atoms with Crippen LogP contribution in [0.3, 0.4) is 0 Å². The number of hydrogen-bond acceptors (Lipinski definition) is 5. The highest BCUT2D eigenvalue weighted by atomic mass is 31.2. The van der Waals surface area contributed by atoms with Crippen LogP contribution in [0.2, 0.25) is 0 Å². The highest BCUT2D eigenvalue weighted by Gasteiger charge is 2.27. The van der Waals surface area contributed by atoms with Gasteiger partial charge in [0.2, 0.25) is 5.91 Å². The summed E-state index contributed by atoms with van der Waals surface area (Å²) in [5.41, 5.74) is 0. The first-order chi connectivity index (χ1) is 29.0. The van der Waals surface area contributed by atoms with Gasteiger partial charge in [-0.25, -0.2) is 4.57 Å². The first-order valence-corrected chi connectivity index (χ1v) is 27.2. The predicted octanol–water partition coefficient (Wildman–Crippen LogP) is 14.9. The third-order valence-electron chi connectivity index (χ3n) is 11.7. The number of carbonyl (C=O) groups is 1. The number of phosphoric acid groups is 1. The molecule has 60 heavy (non-hydrogen) atoms. The smallest absolute Gasteiger partial charge is 0.387 e. The summed E-state index contributed by atoms with van der Waals surface area (Å²) in [6.07, 6.45) is 52.9. The fraction of sp³-hybridized carbons (Fsp3) is 0.902. The molecule has 0 spiro atoms. The summed E-state index contributed by atoms with van der Waals surface area (Å²) in [7, 11) is 1.58. The van der Waals surface area contributed by atoms with Crippen LogP contribution >= 0.6 is 7.82 Å². The van der Waals surface area contributed by atoms with Gasteiger partial charge >= 0.3 is 7.82 Å². The molecular weight excluding hydrogens is 768 g/mol. The topological polar surface area (TPSA) is 105 Å². The van der Waals surface area contributed by atoms with Gasteiger partial charge in [0.05, 0.1) is 39.9 Å². The number of rotatable bonds is 47. The quantitative estimate of drug-likeness (QED) is 0.0243. The lowest BCUT2D eigenvalue weighted by Gasteiger charge is -2.25. The minimum atomic E-state index is -4.33. The predicted molar refractivity (Wildman–Crippen MR) is 258 cm³/mol. The number of unbranched alkanes of at least 4 members (excludes halogenated alkanes) is 32. The largest absolute Gasteiger partial charge is 0.472 e. The molecule has 0 aromatic rings. The molecule has 0 saturated heterocycles. The van der Waals surface area contributed by atoms with Gasteiger partial charge in [-0.2, -0.15) is 0 Å². The van der Waals surface area contributed by atoms with Crippen LogP contribution in [-0.4, -0.2) is 73.4 Å². The van der Waals surface area contributed by atoms with Crippen LogP contribution in [-0.2, 0) is 18.4 Å². The molecule has 0 aliphatic rings. The second-order valence-corrected chi connectivity index (χ2v) is 20.4. The molecule has 1 amide bonds. The summed E-state index contributed by atoms with van der Waals surface area (Å²) in [4.78, 5) is 23.1. The van der Waals surface area contributed by atoms with Crippen LogP contribution in [0.4, 0.5) is 0 Å². The van der Waals surface area contributed by atoms with Gasteiger partial charge in [0.25, 0.3) is 0 Å². The van der Waals surface area contributed by atoms with Gasteiger partial charge < -0.3 is 19.8 Å². The Kier molecular flexibility index (Phi) is 42.5. The Hall–Kier alpha value is -1.02. The molecule has 0 fully saturated rings. The van der Waals surface area contributed by atoms with E-state index in [0.29, 0.717) is 17.4 Å². The third-order valence-corrected chi connectivity index (χ3v) is 12.6. The molecule has 0 aromatic heterocycles. The summed E-state index contributed by atoms with van der Waals surface area (Å²) < 4.78 is 23.5. The normalized spacial score (nSPS) is 14.3. The molecule has 356 valence electrons. The van der Waals surface area contributed by atoms with Crippen molar-refractivity contribution in [2.75, 3.05) is 40.9 Å². The van der Waals surface area contributed by atoms with E-state index in [9.17, 15) is 19.4 Å². The number of aliphatic hydroxyl groups is 1. The minimum absolute atomic E-state index is 0.0631. The van der Waals surface area contributed by atoms with E-state index in [0.717, 1.165) is 38.5 Å².